The summed E-state index contributed by atoms with van der Waals surface area (Å²) in [6.45, 7) is 8.67. The number of carboxylic acid groups (broad SMARTS) is 1. The van der Waals surface area contributed by atoms with E-state index in [-0.39, 0.29) is 0 Å². The van der Waals surface area contributed by atoms with Crippen LogP contribution in [0.2, 0.25) is 0 Å². The van der Waals surface area contributed by atoms with Gasteiger partial charge in [0.1, 0.15) is 25.7 Å². The first-order valence-electron chi connectivity index (χ1n) is 6.74. The standard InChI is InChI=1S/C14H20NO.C2H4O2/c1-3-14-12-16-10-9-15(14,2)11-13-7-5-4-6-8-13;1-2(3)4/h3-8,14H,1,9-12H2,2H3;1H3,(H,3,4)/q+1;/p-1. The highest BCUT2D eigenvalue weighted by Gasteiger charge is 2.33. The molecule has 0 saturated carbocycles. The first kappa shape index (κ1) is 16.4. The molecule has 1 aliphatic rings. The Bertz CT molecular complexity index is 429. The molecule has 4 heteroatoms. The van der Waals surface area contributed by atoms with E-state index in [0.717, 1.165) is 37.7 Å². The number of carbonyl (C=O) groups excluding carboxylic acids is 1. The summed E-state index contributed by atoms with van der Waals surface area (Å²) in [5, 5.41) is 8.89. The molecule has 1 aromatic carbocycles. The summed E-state index contributed by atoms with van der Waals surface area (Å²) in [5.41, 5.74) is 1.39. The number of carboxylic acids is 1. The molecule has 0 radical (unpaired) electrons. The lowest BCUT2D eigenvalue weighted by Gasteiger charge is -2.43. The van der Waals surface area contributed by atoms with Crippen LogP contribution in [0.5, 0.6) is 0 Å². The van der Waals surface area contributed by atoms with Crippen molar-refractivity contribution in [3.8, 4) is 0 Å². The van der Waals surface area contributed by atoms with E-state index in [0.29, 0.717) is 6.04 Å². The van der Waals surface area contributed by atoms with Crippen LogP contribution in [0.3, 0.4) is 0 Å². The molecule has 1 fully saturated rings. The van der Waals surface area contributed by atoms with Gasteiger partial charge in [-0.05, 0) is 13.0 Å². The lowest BCUT2D eigenvalue weighted by atomic mass is 10.1. The first-order valence-corrected chi connectivity index (χ1v) is 6.74. The molecular formula is C16H23NO3. The number of rotatable bonds is 3. The van der Waals surface area contributed by atoms with Gasteiger partial charge in [-0.25, -0.2) is 0 Å². The highest BCUT2D eigenvalue weighted by Crippen LogP contribution is 2.20. The van der Waals surface area contributed by atoms with Gasteiger partial charge >= 0.3 is 0 Å². The van der Waals surface area contributed by atoms with Crippen molar-refractivity contribution in [2.24, 2.45) is 0 Å². The zero-order chi connectivity index (χ0) is 15.0. The monoisotopic (exact) mass is 277 g/mol. The number of benzene rings is 1. The molecule has 20 heavy (non-hydrogen) atoms. The van der Waals surface area contributed by atoms with E-state index in [2.05, 4.69) is 44.0 Å². The Morgan fingerprint density at radius 2 is 2.10 bits per heavy atom. The highest BCUT2D eigenvalue weighted by molar-refractivity contribution is 5.60. The zero-order valence-corrected chi connectivity index (χ0v) is 12.2. The van der Waals surface area contributed by atoms with Crippen molar-refractivity contribution < 1.29 is 19.1 Å². The number of hydrogen-bond donors (Lipinski definition) is 0. The molecule has 2 rings (SSSR count). The summed E-state index contributed by atoms with van der Waals surface area (Å²) in [4.78, 5) is 8.89. The van der Waals surface area contributed by atoms with Gasteiger partial charge < -0.3 is 19.1 Å². The fourth-order valence-corrected chi connectivity index (χ4v) is 2.34. The van der Waals surface area contributed by atoms with Crippen molar-refractivity contribution >= 4 is 5.97 Å². The maximum atomic E-state index is 8.89. The number of aliphatic carboxylic acids is 1. The van der Waals surface area contributed by atoms with Crippen LogP contribution >= 0.6 is 0 Å². The van der Waals surface area contributed by atoms with Crippen molar-refractivity contribution in [3.05, 3.63) is 48.6 Å². The SMILES string of the molecule is C=CC1COCC[N+]1(C)Cc1ccccc1.CC(=O)[O-]. The van der Waals surface area contributed by atoms with Crippen molar-refractivity contribution in [1.82, 2.24) is 0 Å². The van der Waals surface area contributed by atoms with E-state index in [4.69, 9.17) is 14.6 Å². The maximum Gasteiger partial charge on any atom is 0.131 e. The first-order chi connectivity index (χ1) is 9.48. The second-order valence-electron chi connectivity index (χ2n) is 5.22. The molecule has 1 aliphatic heterocycles. The third-order valence-corrected chi connectivity index (χ3v) is 3.49. The molecule has 1 saturated heterocycles. The second kappa shape index (κ2) is 7.82. The number of ether oxygens (including phenoxy) is 1. The lowest BCUT2D eigenvalue weighted by Crippen LogP contribution is -2.57. The molecule has 0 spiro atoms. The average molecular weight is 277 g/mol. The Hall–Kier alpha value is -1.65. The molecule has 0 aliphatic carbocycles. The van der Waals surface area contributed by atoms with Gasteiger partial charge in [0.25, 0.3) is 0 Å². The molecular weight excluding hydrogens is 254 g/mol. The van der Waals surface area contributed by atoms with Crippen molar-refractivity contribution in [1.29, 1.82) is 0 Å². The van der Waals surface area contributed by atoms with Gasteiger partial charge in [0, 0.05) is 11.5 Å². The summed E-state index contributed by atoms with van der Waals surface area (Å²) in [5.74, 6) is -1.08. The Morgan fingerprint density at radius 1 is 1.50 bits per heavy atom. The molecule has 0 N–H and O–H groups in total. The Morgan fingerprint density at radius 3 is 2.65 bits per heavy atom. The van der Waals surface area contributed by atoms with Gasteiger partial charge in [0.15, 0.2) is 0 Å². The van der Waals surface area contributed by atoms with Crippen LogP contribution in [0.4, 0.5) is 0 Å². The lowest BCUT2D eigenvalue weighted by molar-refractivity contribution is -0.947. The van der Waals surface area contributed by atoms with Gasteiger partial charge in [-0.2, -0.15) is 0 Å². The van der Waals surface area contributed by atoms with Crippen LogP contribution in [0.15, 0.2) is 43.0 Å². The average Bonchev–Trinajstić information content (AvgIpc) is 2.39. The predicted octanol–water partition coefficient (Wildman–Crippen LogP) is 0.974. The van der Waals surface area contributed by atoms with Gasteiger partial charge in [-0.15, -0.1) is 0 Å². The van der Waals surface area contributed by atoms with E-state index >= 15 is 0 Å². The van der Waals surface area contributed by atoms with Gasteiger partial charge in [0.2, 0.25) is 0 Å². The van der Waals surface area contributed by atoms with E-state index in [1.54, 1.807) is 0 Å². The highest BCUT2D eigenvalue weighted by atomic mass is 16.5. The summed E-state index contributed by atoms with van der Waals surface area (Å²) < 4.78 is 6.53. The Balaban J connectivity index is 0.000000444. The van der Waals surface area contributed by atoms with Gasteiger partial charge in [-0.3, -0.25) is 0 Å². The van der Waals surface area contributed by atoms with Crippen LogP contribution in [-0.4, -0.2) is 43.3 Å². The van der Waals surface area contributed by atoms with Gasteiger partial charge in [-0.1, -0.05) is 36.9 Å². The summed E-state index contributed by atoms with van der Waals surface area (Å²) in [6.07, 6.45) is 2.03. The molecule has 1 heterocycles. The molecule has 110 valence electrons. The Labute approximate surface area is 120 Å². The van der Waals surface area contributed by atoms with E-state index in [1.807, 2.05) is 6.08 Å². The topological polar surface area (TPSA) is 49.4 Å². The summed E-state index contributed by atoms with van der Waals surface area (Å²) in [6, 6.07) is 11.1. The van der Waals surface area contributed by atoms with Crippen molar-refractivity contribution in [2.45, 2.75) is 19.5 Å². The normalized spacial score (nSPS) is 25.2. The van der Waals surface area contributed by atoms with Crippen molar-refractivity contribution in [2.75, 3.05) is 26.8 Å². The minimum absolute atomic E-state index is 0.411. The predicted molar refractivity (Wildman–Crippen MR) is 76.7 cm³/mol. The Kier molecular flexibility index (Phi) is 6.42. The fraction of sp³-hybridized carbons (Fsp3) is 0.438. The summed E-state index contributed by atoms with van der Waals surface area (Å²) in [7, 11) is 2.29. The van der Waals surface area contributed by atoms with Gasteiger partial charge in [0.05, 0.1) is 13.7 Å². The minimum Gasteiger partial charge on any atom is -0.550 e. The van der Waals surface area contributed by atoms with Crippen LogP contribution < -0.4 is 5.11 Å². The smallest absolute Gasteiger partial charge is 0.131 e. The number of hydrogen-bond acceptors (Lipinski definition) is 3. The third kappa shape index (κ3) is 5.15. The van der Waals surface area contributed by atoms with Crippen LogP contribution in [0.25, 0.3) is 0 Å². The molecule has 2 unspecified atom stereocenters. The molecule has 4 nitrogen and oxygen atoms in total. The molecule has 0 bridgehead atoms. The third-order valence-electron chi connectivity index (χ3n) is 3.49. The van der Waals surface area contributed by atoms with Crippen LogP contribution in [0.1, 0.15) is 12.5 Å². The molecule has 2 atom stereocenters. The van der Waals surface area contributed by atoms with Crippen LogP contribution in [-0.2, 0) is 16.1 Å². The number of quaternary nitrogens is 1. The number of carbonyl (C=O) groups is 1. The maximum absolute atomic E-state index is 8.89. The largest absolute Gasteiger partial charge is 0.550 e. The molecule has 0 amide bonds. The quantitative estimate of drug-likeness (QED) is 0.611. The van der Waals surface area contributed by atoms with E-state index in [1.165, 1.54) is 5.56 Å². The number of likely N-dealkylation sites (N-methyl/N-ethyl adjacent to an activating group) is 1. The zero-order valence-electron chi connectivity index (χ0n) is 12.2. The number of morpholine rings is 1. The fourth-order valence-electron chi connectivity index (χ4n) is 2.34. The van der Waals surface area contributed by atoms with E-state index in [9.17, 15) is 0 Å². The van der Waals surface area contributed by atoms with Crippen molar-refractivity contribution in [3.63, 3.8) is 0 Å². The minimum atomic E-state index is -1.08. The summed E-state index contributed by atoms with van der Waals surface area (Å²) >= 11 is 0. The van der Waals surface area contributed by atoms with Crippen LogP contribution in [0, 0.1) is 0 Å². The number of nitrogens with zero attached hydrogens (tertiary/aromatic N) is 1. The second-order valence-corrected chi connectivity index (χ2v) is 5.22. The molecule has 0 aromatic heterocycles. The van der Waals surface area contributed by atoms with E-state index < -0.39 is 5.97 Å². The molecule has 1 aromatic rings.